The van der Waals surface area contributed by atoms with Crippen LogP contribution in [0.15, 0.2) is 79.0 Å². The smallest absolute Gasteiger partial charge is 0.322 e. The molecule has 4 rings (SSSR count). The molecule has 0 aliphatic heterocycles. The van der Waals surface area contributed by atoms with Crippen LogP contribution in [-0.2, 0) is 22.5 Å². The highest BCUT2D eigenvalue weighted by Crippen LogP contribution is 2.26. The van der Waals surface area contributed by atoms with E-state index in [4.69, 9.17) is 14.2 Å². The average molecular weight is 559 g/mol. The molecule has 0 saturated heterocycles. The normalized spacial score (nSPS) is 10.8. The molecule has 4 aromatic rings. The third kappa shape index (κ3) is 8.25. The fourth-order valence-electron chi connectivity index (χ4n) is 4.69. The number of aromatic amines is 1. The number of nitrogens with one attached hydrogen (secondary N) is 2. The molecule has 9 heteroatoms. The highest BCUT2D eigenvalue weighted by molar-refractivity contribution is 5.93. The maximum absolute atomic E-state index is 13.8. The Morgan fingerprint density at radius 3 is 2.27 bits per heavy atom. The van der Waals surface area contributed by atoms with Gasteiger partial charge in [0.05, 0.1) is 14.2 Å². The number of nitrogens with zero attached hydrogens (tertiary/aromatic N) is 2. The molecular formula is C32H38N4O5. The summed E-state index contributed by atoms with van der Waals surface area (Å²) in [5.74, 6) is 0.963. The molecular weight excluding hydrogens is 520 g/mol. The summed E-state index contributed by atoms with van der Waals surface area (Å²) in [4.78, 5) is 33.9. The van der Waals surface area contributed by atoms with E-state index in [0.717, 1.165) is 22.0 Å². The van der Waals surface area contributed by atoms with E-state index < -0.39 is 0 Å². The number of urea groups is 1. The molecule has 0 fully saturated rings. The summed E-state index contributed by atoms with van der Waals surface area (Å²) in [6, 6.07) is 22.8. The predicted molar refractivity (Wildman–Crippen MR) is 160 cm³/mol. The lowest BCUT2D eigenvalue weighted by Gasteiger charge is -2.28. The number of para-hydroxylation sites is 1. The summed E-state index contributed by atoms with van der Waals surface area (Å²) in [6.07, 6.45) is 3.28. The van der Waals surface area contributed by atoms with Gasteiger partial charge in [-0.3, -0.25) is 4.79 Å². The van der Waals surface area contributed by atoms with Gasteiger partial charge in [-0.1, -0.05) is 48.5 Å². The van der Waals surface area contributed by atoms with Gasteiger partial charge in [0.1, 0.15) is 18.0 Å². The van der Waals surface area contributed by atoms with Gasteiger partial charge in [0.25, 0.3) is 0 Å². The first-order chi connectivity index (χ1) is 20.0. The van der Waals surface area contributed by atoms with Gasteiger partial charge < -0.3 is 34.3 Å². The first-order valence-electron chi connectivity index (χ1n) is 13.7. The number of carbonyl (C=O) groups is 2. The fraction of sp³-hybridized carbons (Fsp3) is 0.312. The van der Waals surface area contributed by atoms with Gasteiger partial charge in [-0.2, -0.15) is 0 Å². The van der Waals surface area contributed by atoms with E-state index >= 15 is 0 Å². The minimum atomic E-state index is -0.388. The van der Waals surface area contributed by atoms with Crippen LogP contribution in [0.4, 0.5) is 10.5 Å². The molecule has 216 valence electrons. The fourth-order valence-corrected chi connectivity index (χ4v) is 4.69. The maximum Gasteiger partial charge on any atom is 0.322 e. The van der Waals surface area contributed by atoms with Crippen molar-refractivity contribution >= 4 is 28.5 Å². The molecule has 0 bridgehead atoms. The lowest BCUT2D eigenvalue weighted by molar-refractivity contribution is -0.132. The molecule has 0 aliphatic rings. The predicted octanol–water partition coefficient (Wildman–Crippen LogP) is 5.33. The molecule has 1 aromatic heterocycles. The van der Waals surface area contributed by atoms with E-state index in [1.54, 1.807) is 39.5 Å². The number of hydrogen-bond donors (Lipinski definition) is 2. The quantitative estimate of drug-likeness (QED) is 0.204. The number of rotatable bonds is 14. The Labute approximate surface area is 241 Å². The monoisotopic (exact) mass is 558 g/mol. The molecule has 3 aromatic carbocycles. The SMILES string of the molecule is COCCCN(CC(=O)N(CCc1c[nH]c2ccccc12)Cc1ccccc1)C(=O)Nc1cc(OC)cc(OC)c1. The number of fused-ring (bicyclic) bond motifs is 1. The lowest BCUT2D eigenvalue weighted by Crippen LogP contribution is -2.45. The highest BCUT2D eigenvalue weighted by Gasteiger charge is 2.22. The zero-order chi connectivity index (χ0) is 29.0. The largest absolute Gasteiger partial charge is 0.497 e. The van der Waals surface area contributed by atoms with Crippen LogP contribution in [0.25, 0.3) is 10.9 Å². The number of anilines is 1. The van der Waals surface area contributed by atoms with Gasteiger partial charge in [0.15, 0.2) is 0 Å². The molecule has 0 atom stereocenters. The summed E-state index contributed by atoms with van der Waals surface area (Å²) < 4.78 is 15.9. The zero-order valence-electron chi connectivity index (χ0n) is 23.9. The molecule has 1 heterocycles. The number of aromatic nitrogens is 1. The Balaban J connectivity index is 1.51. The van der Waals surface area contributed by atoms with Gasteiger partial charge in [-0.15, -0.1) is 0 Å². The van der Waals surface area contributed by atoms with Gasteiger partial charge in [-0.25, -0.2) is 4.79 Å². The van der Waals surface area contributed by atoms with Crippen molar-refractivity contribution in [2.45, 2.75) is 19.4 Å². The number of H-pyrrole nitrogens is 1. The van der Waals surface area contributed by atoms with Crippen molar-refractivity contribution < 1.29 is 23.8 Å². The first kappa shape index (κ1) is 29.5. The van der Waals surface area contributed by atoms with Crippen molar-refractivity contribution in [1.29, 1.82) is 0 Å². The number of amides is 3. The van der Waals surface area contributed by atoms with E-state index in [0.29, 0.717) is 56.3 Å². The van der Waals surface area contributed by atoms with E-state index in [2.05, 4.69) is 16.4 Å². The Bertz CT molecular complexity index is 1400. The summed E-state index contributed by atoms with van der Waals surface area (Å²) in [7, 11) is 4.71. The molecule has 0 radical (unpaired) electrons. The molecule has 2 N–H and O–H groups in total. The topological polar surface area (TPSA) is 96.1 Å². The van der Waals surface area contributed by atoms with Crippen molar-refractivity contribution in [3.05, 3.63) is 90.1 Å². The van der Waals surface area contributed by atoms with Crippen LogP contribution >= 0.6 is 0 Å². The minimum absolute atomic E-state index is 0.0721. The third-order valence-corrected chi connectivity index (χ3v) is 6.89. The molecule has 0 spiro atoms. The molecule has 0 saturated carbocycles. The number of methoxy groups -OCH3 is 3. The average Bonchev–Trinajstić information content (AvgIpc) is 3.42. The van der Waals surface area contributed by atoms with Crippen molar-refractivity contribution in [2.24, 2.45) is 0 Å². The van der Waals surface area contributed by atoms with Gasteiger partial charge in [0, 0.05) is 74.3 Å². The van der Waals surface area contributed by atoms with Crippen molar-refractivity contribution in [3.63, 3.8) is 0 Å². The summed E-state index contributed by atoms with van der Waals surface area (Å²) in [5.41, 5.74) is 3.75. The Morgan fingerprint density at radius 2 is 1.56 bits per heavy atom. The standard InChI is InChI=1S/C32H38N4O5/c1-39-17-9-15-36(32(38)34-26-18-27(40-2)20-28(19-26)41-3)23-31(37)35(22-24-10-5-4-6-11-24)16-14-25-21-33-30-13-8-7-12-29(25)30/h4-8,10-13,18-21,33H,9,14-17,22-23H2,1-3H3,(H,34,38). The number of hydrogen-bond acceptors (Lipinski definition) is 5. The van der Waals surface area contributed by atoms with Crippen LogP contribution in [0.3, 0.4) is 0 Å². The second kappa shape index (κ2) is 14.8. The number of carbonyl (C=O) groups excluding carboxylic acids is 2. The summed E-state index contributed by atoms with van der Waals surface area (Å²) in [5, 5.41) is 4.05. The number of ether oxygens (including phenoxy) is 3. The van der Waals surface area contributed by atoms with Crippen LogP contribution in [0.1, 0.15) is 17.5 Å². The Kier molecular flexibility index (Phi) is 10.6. The Morgan fingerprint density at radius 1 is 0.854 bits per heavy atom. The number of benzene rings is 3. The van der Waals surface area contributed by atoms with Crippen LogP contribution in [0.5, 0.6) is 11.5 Å². The van der Waals surface area contributed by atoms with E-state index in [1.165, 1.54) is 4.90 Å². The summed E-state index contributed by atoms with van der Waals surface area (Å²) >= 11 is 0. The second-order valence-electron chi connectivity index (χ2n) is 9.71. The van der Waals surface area contributed by atoms with Crippen molar-refractivity contribution in [2.75, 3.05) is 52.9 Å². The maximum atomic E-state index is 13.8. The minimum Gasteiger partial charge on any atom is -0.497 e. The lowest BCUT2D eigenvalue weighted by atomic mass is 10.1. The van der Waals surface area contributed by atoms with Crippen LogP contribution in [0.2, 0.25) is 0 Å². The van der Waals surface area contributed by atoms with Crippen LogP contribution in [-0.4, -0.2) is 74.3 Å². The van der Waals surface area contributed by atoms with Crippen LogP contribution < -0.4 is 14.8 Å². The highest BCUT2D eigenvalue weighted by atomic mass is 16.5. The van der Waals surface area contributed by atoms with E-state index in [1.807, 2.05) is 59.6 Å². The second-order valence-corrected chi connectivity index (χ2v) is 9.71. The van der Waals surface area contributed by atoms with Crippen molar-refractivity contribution in [1.82, 2.24) is 14.8 Å². The van der Waals surface area contributed by atoms with E-state index in [9.17, 15) is 9.59 Å². The molecule has 3 amide bonds. The van der Waals surface area contributed by atoms with E-state index in [-0.39, 0.29) is 18.5 Å². The Hall–Kier alpha value is -4.50. The van der Waals surface area contributed by atoms with Gasteiger partial charge in [-0.05, 0) is 30.0 Å². The molecule has 0 unspecified atom stereocenters. The van der Waals surface area contributed by atoms with Gasteiger partial charge >= 0.3 is 6.03 Å². The van der Waals surface area contributed by atoms with Crippen molar-refractivity contribution in [3.8, 4) is 11.5 Å². The van der Waals surface area contributed by atoms with Crippen LogP contribution in [0, 0.1) is 0 Å². The van der Waals surface area contributed by atoms with Gasteiger partial charge in [0.2, 0.25) is 5.91 Å². The first-order valence-corrected chi connectivity index (χ1v) is 13.7. The zero-order valence-corrected chi connectivity index (χ0v) is 23.9. The third-order valence-electron chi connectivity index (χ3n) is 6.89. The summed E-state index contributed by atoms with van der Waals surface area (Å²) in [6.45, 7) is 1.71. The molecule has 9 nitrogen and oxygen atoms in total. The molecule has 0 aliphatic carbocycles. The molecule has 41 heavy (non-hydrogen) atoms.